The van der Waals surface area contributed by atoms with Crippen molar-refractivity contribution in [1.82, 2.24) is 0 Å². The zero-order chi connectivity index (χ0) is 10.3. The summed E-state index contributed by atoms with van der Waals surface area (Å²) in [6, 6.07) is 3.63. The standard InChI is InChI=1S/C11H12F2O/c1-6-9(5-11(6)14)8-3-2-7(12)4-10(8)13/h2-4,6,9,11,14H,5H2,1H3. The molecule has 0 bridgehead atoms. The summed E-state index contributed by atoms with van der Waals surface area (Å²) in [5, 5.41) is 9.30. The molecule has 0 amide bonds. The highest BCUT2D eigenvalue weighted by Crippen LogP contribution is 2.43. The SMILES string of the molecule is CC1C(O)CC1c1ccc(F)cc1F. The van der Waals surface area contributed by atoms with Crippen molar-refractivity contribution in [2.45, 2.75) is 25.4 Å². The van der Waals surface area contributed by atoms with Gasteiger partial charge in [-0.2, -0.15) is 0 Å². The van der Waals surface area contributed by atoms with Crippen molar-refractivity contribution in [3.05, 3.63) is 35.4 Å². The zero-order valence-electron chi connectivity index (χ0n) is 7.87. The largest absolute Gasteiger partial charge is 0.393 e. The summed E-state index contributed by atoms with van der Waals surface area (Å²) in [7, 11) is 0. The maximum absolute atomic E-state index is 13.3. The van der Waals surface area contributed by atoms with Crippen LogP contribution in [0.5, 0.6) is 0 Å². The second-order valence-electron chi connectivity index (χ2n) is 3.93. The molecule has 1 aliphatic carbocycles. The Balaban J connectivity index is 2.25. The van der Waals surface area contributed by atoms with E-state index in [2.05, 4.69) is 0 Å². The molecule has 3 unspecified atom stereocenters. The number of rotatable bonds is 1. The van der Waals surface area contributed by atoms with Crippen molar-refractivity contribution in [1.29, 1.82) is 0 Å². The Labute approximate surface area is 81.4 Å². The molecule has 1 N–H and O–H groups in total. The maximum atomic E-state index is 13.3. The quantitative estimate of drug-likeness (QED) is 0.734. The summed E-state index contributed by atoms with van der Waals surface area (Å²) >= 11 is 0. The molecule has 1 fully saturated rings. The van der Waals surface area contributed by atoms with Gasteiger partial charge in [-0.25, -0.2) is 8.78 Å². The lowest BCUT2D eigenvalue weighted by molar-refractivity contribution is 0.0105. The molecule has 0 saturated heterocycles. The fraction of sp³-hybridized carbons (Fsp3) is 0.455. The number of aliphatic hydroxyl groups is 1. The number of hydrogen-bond acceptors (Lipinski definition) is 1. The van der Waals surface area contributed by atoms with E-state index in [4.69, 9.17) is 0 Å². The first-order valence-corrected chi connectivity index (χ1v) is 4.72. The molecule has 1 nitrogen and oxygen atoms in total. The Bertz CT molecular complexity index is 351. The van der Waals surface area contributed by atoms with E-state index in [9.17, 15) is 13.9 Å². The first-order valence-electron chi connectivity index (χ1n) is 4.72. The van der Waals surface area contributed by atoms with Crippen LogP contribution in [-0.4, -0.2) is 11.2 Å². The van der Waals surface area contributed by atoms with Crippen molar-refractivity contribution in [3.63, 3.8) is 0 Å². The summed E-state index contributed by atoms with van der Waals surface area (Å²) in [4.78, 5) is 0. The minimum Gasteiger partial charge on any atom is -0.393 e. The highest BCUT2D eigenvalue weighted by atomic mass is 19.1. The van der Waals surface area contributed by atoms with Gasteiger partial charge in [-0.1, -0.05) is 13.0 Å². The van der Waals surface area contributed by atoms with Crippen molar-refractivity contribution < 1.29 is 13.9 Å². The summed E-state index contributed by atoms with van der Waals surface area (Å²) in [5.41, 5.74) is 0.518. The third-order valence-corrected chi connectivity index (χ3v) is 3.10. The van der Waals surface area contributed by atoms with Crippen LogP contribution in [0.15, 0.2) is 18.2 Å². The normalized spacial score (nSPS) is 31.3. The molecule has 1 saturated carbocycles. The molecule has 14 heavy (non-hydrogen) atoms. The monoisotopic (exact) mass is 198 g/mol. The highest BCUT2D eigenvalue weighted by Gasteiger charge is 2.38. The highest BCUT2D eigenvalue weighted by molar-refractivity contribution is 5.26. The smallest absolute Gasteiger partial charge is 0.129 e. The summed E-state index contributed by atoms with van der Waals surface area (Å²) < 4.78 is 25.9. The van der Waals surface area contributed by atoms with Crippen LogP contribution in [0.4, 0.5) is 8.78 Å². The van der Waals surface area contributed by atoms with Gasteiger partial charge in [-0.3, -0.25) is 0 Å². The van der Waals surface area contributed by atoms with E-state index in [1.807, 2.05) is 6.92 Å². The number of hydrogen-bond donors (Lipinski definition) is 1. The van der Waals surface area contributed by atoms with Crippen molar-refractivity contribution in [2.24, 2.45) is 5.92 Å². The van der Waals surface area contributed by atoms with Gasteiger partial charge >= 0.3 is 0 Å². The van der Waals surface area contributed by atoms with Crippen LogP contribution < -0.4 is 0 Å². The number of halogens is 2. The summed E-state index contributed by atoms with van der Waals surface area (Å²) in [6.45, 7) is 1.88. The van der Waals surface area contributed by atoms with Crippen molar-refractivity contribution in [2.75, 3.05) is 0 Å². The van der Waals surface area contributed by atoms with Crippen molar-refractivity contribution >= 4 is 0 Å². The summed E-state index contributed by atoms with van der Waals surface area (Å²) in [5.74, 6) is -0.965. The lowest BCUT2D eigenvalue weighted by Gasteiger charge is -2.39. The summed E-state index contributed by atoms with van der Waals surface area (Å²) in [6.07, 6.45) is 0.230. The van der Waals surface area contributed by atoms with Crippen molar-refractivity contribution in [3.8, 4) is 0 Å². The Morgan fingerprint density at radius 1 is 1.36 bits per heavy atom. The van der Waals surface area contributed by atoms with E-state index in [1.165, 1.54) is 12.1 Å². The minimum absolute atomic E-state index is 0.0330. The Kier molecular flexibility index (Phi) is 2.27. The molecule has 0 radical (unpaired) electrons. The molecule has 3 heteroatoms. The van der Waals surface area contributed by atoms with Gasteiger partial charge in [-0.05, 0) is 29.9 Å². The van der Waals surface area contributed by atoms with Crippen LogP contribution in [0.2, 0.25) is 0 Å². The van der Waals surface area contributed by atoms with Gasteiger partial charge in [0.15, 0.2) is 0 Å². The molecule has 0 aliphatic heterocycles. The third kappa shape index (κ3) is 1.42. The van der Waals surface area contributed by atoms with Gasteiger partial charge < -0.3 is 5.11 Å². The Morgan fingerprint density at radius 3 is 2.57 bits per heavy atom. The first-order chi connectivity index (χ1) is 6.59. The maximum Gasteiger partial charge on any atom is 0.129 e. The lowest BCUT2D eigenvalue weighted by Crippen LogP contribution is -2.37. The molecule has 3 atom stereocenters. The molecule has 0 spiro atoms. The van der Waals surface area contributed by atoms with E-state index in [0.29, 0.717) is 12.0 Å². The van der Waals surface area contributed by atoms with Crippen LogP contribution >= 0.6 is 0 Å². The van der Waals surface area contributed by atoms with Gasteiger partial charge in [0.05, 0.1) is 6.10 Å². The molecule has 1 aromatic rings. The van der Waals surface area contributed by atoms with Crippen LogP contribution in [-0.2, 0) is 0 Å². The van der Waals surface area contributed by atoms with Gasteiger partial charge in [-0.15, -0.1) is 0 Å². The topological polar surface area (TPSA) is 20.2 Å². The van der Waals surface area contributed by atoms with E-state index >= 15 is 0 Å². The average Bonchev–Trinajstić information content (AvgIpc) is 2.15. The van der Waals surface area contributed by atoms with E-state index in [-0.39, 0.29) is 17.9 Å². The second-order valence-corrected chi connectivity index (χ2v) is 3.93. The number of benzene rings is 1. The minimum atomic E-state index is -0.557. The van der Waals surface area contributed by atoms with Crippen LogP contribution in [0.1, 0.15) is 24.8 Å². The fourth-order valence-corrected chi connectivity index (χ4v) is 1.97. The predicted molar refractivity (Wildman–Crippen MR) is 48.9 cm³/mol. The van der Waals surface area contributed by atoms with Crippen LogP contribution in [0.25, 0.3) is 0 Å². The third-order valence-electron chi connectivity index (χ3n) is 3.10. The van der Waals surface area contributed by atoms with E-state index in [0.717, 1.165) is 6.07 Å². The van der Waals surface area contributed by atoms with Crippen LogP contribution in [0.3, 0.4) is 0 Å². The molecular formula is C11H12F2O. The number of aliphatic hydroxyl groups excluding tert-OH is 1. The zero-order valence-corrected chi connectivity index (χ0v) is 7.87. The van der Waals surface area contributed by atoms with Gasteiger partial charge in [0.1, 0.15) is 11.6 Å². The first kappa shape index (κ1) is 9.59. The van der Waals surface area contributed by atoms with Gasteiger partial charge in [0.25, 0.3) is 0 Å². The van der Waals surface area contributed by atoms with Gasteiger partial charge in [0, 0.05) is 6.07 Å². The Hall–Kier alpha value is -0.960. The molecule has 1 aromatic carbocycles. The van der Waals surface area contributed by atoms with Gasteiger partial charge in [0.2, 0.25) is 0 Å². The molecule has 1 aliphatic rings. The molecular weight excluding hydrogens is 186 g/mol. The van der Waals surface area contributed by atoms with E-state index in [1.54, 1.807) is 0 Å². The lowest BCUT2D eigenvalue weighted by atomic mass is 9.68. The average molecular weight is 198 g/mol. The molecule has 0 heterocycles. The predicted octanol–water partition coefficient (Wildman–Crippen LogP) is 2.45. The van der Waals surface area contributed by atoms with E-state index < -0.39 is 11.6 Å². The fourth-order valence-electron chi connectivity index (χ4n) is 1.97. The molecule has 0 aromatic heterocycles. The molecule has 2 rings (SSSR count). The second kappa shape index (κ2) is 3.31. The molecule has 76 valence electrons. The van der Waals surface area contributed by atoms with Crippen LogP contribution in [0, 0.1) is 17.6 Å². The Morgan fingerprint density at radius 2 is 2.07 bits per heavy atom.